The van der Waals surface area contributed by atoms with Crippen molar-refractivity contribution in [3.63, 3.8) is 0 Å². The van der Waals surface area contributed by atoms with Gasteiger partial charge in [0.25, 0.3) is 5.91 Å². The molecule has 0 aromatic heterocycles. The van der Waals surface area contributed by atoms with Crippen LogP contribution in [0, 0.1) is 5.82 Å². The van der Waals surface area contributed by atoms with E-state index in [0.29, 0.717) is 12.1 Å². The number of carbonyl (C=O) groups is 2. The fourth-order valence-electron chi connectivity index (χ4n) is 3.21. The molecule has 1 N–H and O–H groups in total. The van der Waals surface area contributed by atoms with Crippen molar-refractivity contribution >= 4 is 28.3 Å². The molecule has 3 rings (SSSR count). The van der Waals surface area contributed by atoms with Crippen molar-refractivity contribution in [3.05, 3.63) is 78.1 Å². The van der Waals surface area contributed by atoms with Crippen LogP contribution in [0.5, 0.6) is 0 Å². The average Bonchev–Trinajstić information content (AvgIpc) is 2.73. The molecule has 2 amide bonds. The summed E-state index contributed by atoms with van der Waals surface area (Å²) in [5.41, 5.74) is 1.15. The Morgan fingerprint density at radius 2 is 1.69 bits per heavy atom. The SMILES string of the molecule is CCC(C)N(CCC(=O)Nc1ccc2ccccc2c1)C(=O)c1ccc(F)cc1. The van der Waals surface area contributed by atoms with Crippen molar-refractivity contribution in [2.24, 2.45) is 0 Å². The number of nitrogens with zero attached hydrogens (tertiary/aromatic N) is 1. The van der Waals surface area contributed by atoms with E-state index in [1.807, 2.05) is 56.3 Å². The first-order valence-electron chi connectivity index (χ1n) is 9.83. The summed E-state index contributed by atoms with van der Waals surface area (Å²) >= 11 is 0. The first kappa shape index (κ1) is 20.5. The summed E-state index contributed by atoms with van der Waals surface area (Å²) in [4.78, 5) is 27.0. The Balaban J connectivity index is 1.65. The van der Waals surface area contributed by atoms with Gasteiger partial charge in [-0.05, 0) is 60.5 Å². The molecule has 3 aromatic carbocycles. The molecule has 0 heterocycles. The fourth-order valence-corrected chi connectivity index (χ4v) is 3.21. The Morgan fingerprint density at radius 3 is 2.38 bits per heavy atom. The zero-order valence-corrected chi connectivity index (χ0v) is 16.7. The van der Waals surface area contributed by atoms with E-state index in [-0.39, 0.29) is 30.1 Å². The van der Waals surface area contributed by atoms with E-state index in [1.165, 1.54) is 24.3 Å². The zero-order chi connectivity index (χ0) is 20.8. The first-order chi connectivity index (χ1) is 14.0. The average molecular weight is 392 g/mol. The highest BCUT2D eigenvalue weighted by Gasteiger charge is 2.21. The maximum Gasteiger partial charge on any atom is 0.254 e. The summed E-state index contributed by atoms with van der Waals surface area (Å²) in [7, 11) is 0. The standard InChI is InChI=1S/C24H25FN2O2/c1-3-17(2)27(24(29)19-8-11-21(25)12-9-19)15-14-23(28)26-22-13-10-18-6-4-5-7-20(18)16-22/h4-13,16-17H,3,14-15H2,1-2H3,(H,26,28). The lowest BCUT2D eigenvalue weighted by atomic mass is 10.1. The first-order valence-corrected chi connectivity index (χ1v) is 9.83. The molecule has 0 spiro atoms. The second kappa shape index (κ2) is 9.32. The largest absolute Gasteiger partial charge is 0.335 e. The molecule has 29 heavy (non-hydrogen) atoms. The summed E-state index contributed by atoms with van der Waals surface area (Å²) < 4.78 is 13.2. The molecule has 5 heteroatoms. The second-order valence-electron chi connectivity index (χ2n) is 7.12. The number of nitrogens with one attached hydrogen (secondary N) is 1. The van der Waals surface area contributed by atoms with Gasteiger partial charge in [-0.1, -0.05) is 37.3 Å². The van der Waals surface area contributed by atoms with E-state index in [4.69, 9.17) is 0 Å². The molecule has 0 radical (unpaired) electrons. The maximum absolute atomic E-state index is 13.2. The molecular formula is C24H25FN2O2. The van der Waals surface area contributed by atoms with E-state index < -0.39 is 0 Å². The second-order valence-corrected chi connectivity index (χ2v) is 7.12. The number of fused-ring (bicyclic) bond motifs is 1. The summed E-state index contributed by atoms with van der Waals surface area (Å²) in [6, 6.07) is 19.2. The normalized spacial score (nSPS) is 11.8. The van der Waals surface area contributed by atoms with Crippen LogP contribution in [0.4, 0.5) is 10.1 Å². The molecule has 1 unspecified atom stereocenters. The molecule has 0 aliphatic carbocycles. The van der Waals surface area contributed by atoms with Crippen LogP contribution in [0.3, 0.4) is 0 Å². The Hall–Kier alpha value is -3.21. The van der Waals surface area contributed by atoms with E-state index in [0.717, 1.165) is 22.9 Å². The molecule has 0 saturated heterocycles. The molecule has 150 valence electrons. The number of halogens is 1. The van der Waals surface area contributed by atoms with E-state index in [2.05, 4.69) is 5.32 Å². The summed E-state index contributed by atoms with van der Waals surface area (Å²) in [6.07, 6.45) is 0.948. The molecule has 0 fully saturated rings. The van der Waals surface area contributed by atoms with Crippen LogP contribution in [0.1, 0.15) is 37.0 Å². The number of benzene rings is 3. The monoisotopic (exact) mass is 392 g/mol. The van der Waals surface area contributed by atoms with Gasteiger partial charge in [-0.3, -0.25) is 9.59 Å². The lowest BCUT2D eigenvalue weighted by molar-refractivity contribution is -0.116. The molecule has 0 bridgehead atoms. The number of anilines is 1. The highest BCUT2D eigenvalue weighted by atomic mass is 19.1. The minimum atomic E-state index is -0.383. The van der Waals surface area contributed by atoms with E-state index >= 15 is 0 Å². The van der Waals surface area contributed by atoms with Gasteiger partial charge in [0.15, 0.2) is 0 Å². The van der Waals surface area contributed by atoms with E-state index in [1.54, 1.807) is 4.90 Å². The van der Waals surface area contributed by atoms with Crippen LogP contribution in [-0.4, -0.2) is 29.3 Å². The minimum absolute atomic E-state index is 0.0268. The van der Waals surface area contributed by atoms with Crippen LogP contribution in [0.15, 0.2) is 66.7 Å². The molecular weight excluding hydrogens is 367 g/mol. The Morgan fingerprint density at radius 1 is 1.00 bits per heavy atom. The molecule has 1 atom stereocenters. The number of rotatable bonds is 7. The van der Waals surface area contributed by atoms with Crippen LogP contribution in [0.25, 0.3) is 10.8 Å². The zero-order valence-electron chi connectivity index (χ0n) is 16.7. The fraction of sp³-hybridized carbons (Fsp3) is 0.250. The Bertz CT molecular complexity index is 1000. The number of hydrogen-bond donors (Lipinski definition) is 1. The lowest BCUT2D eigenvalue weighted by Crippen LogP contribution is -2.40. The van der Waals surface area contributed by atoms with Crippen LogP contribution < -0.4 is 5.32 Å². The number of carbonyl (C=O) groups excluding carboxylic acids is 2. The van der Waals surface area contributed by atoms with Gasteiger partial charge in [0.05, 0.1) is 0 Å². The Labute approximate surface area is 170 Å². The van der Waals surface area contributed by atoms with Crippen LogP contribution in [-0.2, 0) is 4.79 Å². The third-order valence-electron chi connectivity index (χ3n) is 5.09. The third kappa shape index (κ3) is 5.19. The number of amides is 2. The van der Waals surface area contributed by atoms with Crippen molar-refractivity contribution in [2.45, 2.75) is 32.7 Å². The van der Waals surface area contributed by atoms with Crippen LogP contribution >= 0.6 is 0 Å². The van der Waals surface area contributed by atoms with Crippen molar-refractivity contribution < 1.29 is 14.0 Å². The smallest absolute Gasteiger partial charge is 0.254 e. The quantitative estimate of drug-likeness (QED) is 0.597. The predicted molar refractivity (Wildman–Crippen MR) is 114 cm³/mol. The van der Waals surface area contributed by atoms with Crippen molar-refractivity contribution in [2.75, 3.05) is 11.9 Å². The van der Waals surface area contributed by atoms with Gasteiger partial charge in [-0.25, -0.2) is 4.39 Å². The van der Waals surface area contributed by atoms with Gasteiger partial charge in [0, 0.05) is 30.3 Å². The third-order valence-corrected chi connectivity index (χ3v) is 5.09. The summed E-state index contributed by atoms with van der Waals surface area (Å²) in [5, 5.41) is 5.07. The maximum atomic E-state index is 13.2. The predicted octanol–water partition coefficient (Wildman–Crippen LogP) is 5.25. The molecule has 0 saturated carbocycles. The van der Waals surface area contributed by atoms with Crippen LogP contribution in [0.2, 0.25) is 0 Å². The number of hydrogen-bond acceptors (Lipinski definition) is 2. The van der Waals surface area contributed by atoms with Gasteiger partial charge in [-0.2, -0.15) is 0 Å². The topological polar surface area (TPSA) is 49.4 Å². The van der Waals surface area contributed by atoms with Gasteiger partial charge in [-0.15, -0.1) is 0 Å². The Kier molecular flexibility index (Phi) is 6.60. The van der Waals surface area contributed by atoms with Gasteiger partial charge < -0.3 is 10.2 Å². The molecule has 3 aromatic rings. The molecule has 0 aliphatic rings. The minimum Gasteiger partial charge on any atom is -0.335 e. The lowest BCUT2D eigenvalue weighted by Gasteiger charge is -2.28. The van der Waals surface area contributed by atoms with Gasteiger partial charge in [0.2, 0.25) is 5.91 Å². The highest BCUT2D eigenvalue weighted by molar-refractivity contribution is 5.96. The van der Waals surface area contributed by atoms with Crippen molar-refractivity contribution in [3.8, 4) is 0 Å². The van der Waals surface area contributed by atoms with E-state index in [9.17, 15) is 14.0 Å². The highest BCUT2D eigenvalue weighted by Crippen LogP contribution is 2.19. The summed E-state index contributed by atoms with van der Waals surface area (Å²) in [6.45, 7) is 4.23. The van der Waals surface area contributed by atoms with Crippen molar-refractivity contribution in [1.82, 2.24) is 4.90 Å². The molecule has 0 aliphatic heterocycles. The van der Waals surface area contributed by atoms with Gasteiger partial charge >= 0.3 is 0 Å². The van der Waals surface area contributed by atoms with Gasteiger partial charge in [0.1, 0.15) is 5.82 Å². The van der Waals surface area contributed by atoms with Crippen molar-refractivity contribution in [1.29, 1.82) is 0 Å². The summed E-state index contributed by atoms with van der Waals surface area (Å²) in [5.74, 6) is -0.732. The molecule has 4 nitrogen and oxygen atoms in total.